The number of amides is 1. The van der Waals surface area contributed by atoms with E-state index < -0.39 is 5.60 Å². The maximum absolute atomic E-state index is 13.8. The van der Waals surface area contributed by atoms with Gasteiger partial charge in [0.25, 0.3) is 5.91 Å². The van der Waals surface area contributed by atoms with Crippen LogP contribution in [-0.2, 0) is 22.6 Å². The third-order valence-electron chi connectivity index (χ3n) is 6.19. The molecule has 0 unspecified atom stereocenters. The van der Waals surface area contributed by atoms with Crippen molar-refractivity contribution in [3.8, 4) is 0 Å². The van der Waals surface area contributed by atoms with Crippen LogP contribution >= 0.6 is 11.3 Å². The van der Waals surface area contributed by atoms with Crippen molar-refractivity contribution >= 4 is 17.2 Å². The van der Waals surface area contributed by atoms with Gasteiger partial charge < -0.3 is 9.64 Å². The first-order valence-electron chi connectivity index (χ1n) is 10.5. The summed E-state index contributed by atoms with van der Waals surface area (Å²) in [6.45, 7) is 3.53. The second-order valence-corrected chi connectivity index (χ2v) is 9.01. The number of ether oxygens (including phenoxy) is 1. The molecule has 1 spiro atoms. The molecule has 0 N–H and O–H groups in total. The summed E-state index contributed by atoms with van der Waals surface area (Å²) in [5, 5.41) is 4.12. The molecule has 7 heteroatoms. The van der Waals surface area contributed by atoms with Crippen molar-refractivity contribution in [3.05, 3.63) is 88.1 Å². The standard InChI is InChI=1S/C24H24FN3O2S/c25-21-5-3-18(4-6-21)13-27-15-22(20-2-1-8-26-12-20)24(17-27)23(29)28(9-10-30-24)14-19-7-11-31-16-19/h1-8,11-12,16,22H,9-10,13-15,17H2/t22-,24+/m1/s1. The Morgan fingerprint density at radius 2 is 2.03 bits per heavy atom. The fourth-order valence-electron chi connectivity index (χ4n) is 4.72. The van der Waals surface area contributed by atoms with Crippen LogP contribution in [0.1, 0.15) is 22.6 Å². The summed E-state index contributed by atoms with van der Waals surface area (Å²) in [7, 11) is 0. The Balaban J connectivity index is 1.44. The highest BCUT2D eigenvalue weighted by atomic mass is 32.1. The largest absolute Gasteiger partial charge is 0.361 e. The summed E-state index contributed by atoms with van der Waals surface area (Å²) < 4.78 is 19.7. The second kappa shape index (κ2) is 8.49. The van der Waals surface area contributed by atoms with Gasteiger partial charge >= 0.3 is 0 Å². The number of thiophene rings is 1. The van der Waals surface area contributed by atoms with Gasteiger partial charge in [-0.3, -0.25) is 14.7 Å². The van der Waals surface area contributed by atoms with Crippen LogP contribution in [-0.4, -0.2) is 52.5 Å². The van der Waals surface area contributed by atoms with E-state index in [1.807, 2.05) is 28.6 Å². The van der Waals surface area contributed by atoms with Crippen LogP contribution < -0.4 is 0 Å². The van der Waals surface area contributed by atoms with Gasteiger partial charge in [-0.25, -0.2) is 4.39 Å². The lowest BCUT2D eigenvalue weighted by Gasteiger charge is -2.42. The van der Waals surface area contributed by atoms with Gasteiger partial charge in [0.2, 0.25) is 0 Å². The van der Waals surface area contributed by atoms with Gasteiger partial charge in [0, 0.05) is 51.0 Å². The number of carbonyl (C=O) groups excluding carboxylic acids is 1. The monoisotopic (exact) mass is 437 g/mol. The van der Waals surface area contributed by atoms with Gasteiger partial charge in [-0.2, -0.15) is 11.3 Å². The van der Waals surface area contributed by atoms with E-state index in [1.54, 1.807) is 29.7 Å². The van der Waals surface area contributed by atoms with Gasteiger partial charge in [-0.15, -0.1) is 0 Å². The van der Waals surface area contributed by atoms with Crippen molar-refractivity contribution < 1.29 is 13.9 Å². The molecule has 2 atom stereocenters. The van der Waals surface area contributed by atoms with Crippen LogP contribution in [0.4, 0.5) is 4.39 Å². The first kappa shape index (κ1) is 20.3. The molecule has 0 radical (unpaired) electrons. The zero-order valence-corrected chi connectivity index (χ0v) is 17.9. The van der Waals surface area contributed by atoms with E-state index in [2.05, 4.69) is 21.3 Å². The van der Waals surface area contributed by atoms with Gasteiger partial charge in [0.1, 0.15) is 5.82 Å². The Bertz CT molecular complexity index is 1030. The molecular weight excluding hydrogens is 413 g/mol. The first-order valence-corrected chi connectivity index (χ1v) is 11.4. The quantitative estimate of drug-likeness (QED) is 0.611. The summed E-state index contributed by atoms with van der Waals surface area (Å²) in [5.74, 6) is -0.315. The highest BCUT2D eigenvalue weighted by Crippen LogP contribution is 2.42. The molecule has 2 fully saturated rings. The van der Waals surface area contributed by atoms with Gasteiger partial charge in [-0.1, -0.05) is 18.2 Å². The van der Waals surface area contributed by atoms with E-state index in [-0.39, 0.29) is 17.6 Å². The number of halogens is 1. The molecule has 5 rings (SSSR count). The number of rotatable bonds is 5. The molecule has 160 valence electrons. The normalized spacial score (nSPS) is 24.2. The molecule has 2 aliphatic heterocycles. The molecule has 31 heavy (non-hydrogen) atoms. The smallest absolute Gasteiger partial charge is 0.257 e. The van der Waals surface area contributed by atoms with Crippen LogP contribution in [0.3, 0.4) is 0 Å². The molecule has 0 saturated carbocycles. The fraction of sp³-hybridized carbons (Fsp3) is 0.333. The number of pyridine rings is 1. The third kappa shape index (κ3) is 4.01. The van der Waals surface area contributed by atoms with E-state index in [1.165, 1.54) is 12.1 Å². The molecule has 0 aliphatic carbocycles. The van der Waals surface area contributed by atoms with Crippen molar-refractivity contribution in [2.24, 2.45) is 0 Å². The predicted molar refractivity (Wildman–Crippen MR) is 117 cm³/mol. The molecule has 0 bridgehead atoms. The predicted octanol–water partition coefficient (Wildman–Crippen LogP) is 3.68. The van der Waals surface area contributed by atoms with Crippen molar-refractivity contribution in [2.75, 3.05) is 26.2 Å². The number of likely N-dealkylation sites (tertiary alicyclic amines) is 1. The van der Waals surface area contributed by atoms with Crippen molar-refractivity contribution in [2.45, 2.75) is 24.6 Å². The first-order chi connectivity index (χ1) is 15.1. The highest BCUT2D eigenvalue weighted by molar-refractivity contribution is 7.07. The van der Waals surface area contributed by atoms with Crippen molar-refractivity contribution in [1.82, 2.24) is 14.8 Å². The zero-order valence-electron chi connectivity index (χ0n) is 17.1. The number of benzene rings is 1. The lowest BCUT2D eigenvalue weighted by atomic mass is 9.83. The van der Waals surface area contributed by atoms with Crippen LogP contribution in [0.25, 0.3) is 0 Å². The summed E-state index contributed by atoms with van der Waals surface area (Å²) in [6.07, 6.45) is 3.58. The number of carbonyl (C=O) groups is 1. The Hall–Kier alpha value is -2.61. The summed E-state index contributed by atoms with van der Waals surface area (Å²) in [6, 6.07) is 12.5. The number of hydrogen-bond donors (Lipinski definition) is 0. The van der Waals surface area contributed by atoms with Crippen LogP contribution in [0.2, 0.25) is 0 Å². The number of hydrogen-bond acceptors (Lipinski definition) is 5. The number of aromatic nitrogens is 1. The number of morpholine rings is 1. The minimum absolute atomic E-state index is 0.0420. The summed E-state index contributed by atoms with van der Waals surface area (Å²) in [4.78, 5) is 22.3. The van der Waals surface area contributed by atoms with E-state index in [0.29, 0.717) is 39.3 Å². The van der Waals surface area contributed by atoms with E-state index in [0.717, 1.165) is 16.7 Å². The van der Waals surface area contributed by atoms with Crippen LogP contribution in [0, 0.1) is 5.82 Å². The Morgan fingerprint density at radius 1 is 1.16 bits per heavy atom. The molecule has 1 aromatic carbocycles. The molecule has 2 aromatic heterocycles. The average Bonchev–Trinajstić information content (AvgIpc) is 3.42. The fourth-order valence-corrected chi connectivity index (χ4v) is 5.38. The second-order valence-electron chi connectivity index (χ2n) is 8.23. The zero-order chi connectivity index (χ0) is 21.3. The Kier molecular flexibility index (Phi) is 5.56. The maximum atomic E-state index is 13.8. The Labute approximate surface area is 185 Å². The molecule has 5 nitrogen and oxygen atoms in total. The topological polar surface area (TPSA) is 45.7 Å². The SMILES string of the molecule is O=C1N(Cc2ccsc2)CCO[C@]12CN(Cc1ccc(F)cc1)C[C@@H]2c1cccnc1. The molecule has 2 saturated heterocycles. The van der Waals surface area contributed by atoms with Crippen LogP contribution in [0.15, 0.2) is 65.6 Å². The molecule has 3 aromatic rings. The minimum atomic E-state index is -0.933. The Morgan fingerprint density at radius 3 is 2.77 bits per heavy atom. The lowest BCUT2D eigenvalue weighted by Crippen LogP contribution is -2.59. The van der Waals surface area contributed by atoms with Gasteiger partial charge in [0.05, 0.1) is 6.61 Å². The van der Waals surface area contributed by atoms with E-state index in [4.69, 9.17) is 4.74 Å². The average molecular weight is 438 g/mol. The maximum Gasteiger partial charge on any atom is 0.257 e. The molecular formula is C24H24FN3O2S. The van der Waals surface area contributed by atoms with E-state index in [9.17, 15) is 9.18 Å². The molecule has 4 heterocycles. The van der Waals surface area contributed by atoms with Crippen molar-refractivity contribution in [3.63, 3.8) is 0 Å². The summed E-state index contributed by atoms with van der Waals surface area (Å²) >= 11 is 1.64. The van der Waals surface area contributed by atoms with Gasteiger partial charge in [-0.05, 0) is 51.7 Å². The molecule has 2 aliphatic rings. The minimum Gasteiger partial charge on any atom is -0.361 e. The van der Waals surface area contributed by atoms with E-state index >= 15 is 0 Å². The van der Waals surface area contributed by atoms with Crippen LogP contribution in [0.5, 0.6) is 0 Å². The van der Waals surface area contributed by atoms with Gasteiger partial charge in [0.15, 0.2) is 5.60 Å². The molecule has 1 amide bonds. The lowest BCUT2D eigenvalue weighted by molar-refractivity contribution is -0.173. The van der Waals surface area contributed by atoms with Crippen molar-refractivity contribution in [1.29, 1.82) is 0 Å². The summed E-state index contributed by atoms with van der Waals surface area (Å²) in [5.41, 5.74) is 2.24. The highest BCUT2D eigenvalue weighted by Gasteiger charge is 2.56. The third-order valence-corrected chi connectivity index (χ3v) is 6.92. The number of nitrogens with zero attached hydrogens (tertiary/aromatic N) is 3.